The number of hydrogen-bond donors (Lipinski definition) is 0. The largest absolute Gasteiger partial charge is 0.468 e. The maximum absolute atomic E-state index is 12.4. The summed E-state index contributed by atoms with van der Waals surface area (Å²) in [7, 11) is 3.08. The summed E-state index contributed by atoms with van der Waals surface area (Å²) in [6, 6.07) is 8.11. The normalized spacial score (nSPS) is 17.2. The number of esters is 1. The molecule has 0 fully saturated rings. The Bertz CT molecular complexity index is 516. The number of likely N-dealkylation sites (N-methyl/N-ethyl adjacent to an activating group) is 1. The molecule has 2 rings (SSSR count). The van der Waals surface area contributed by atoms with Gasteiger partial charge in [0.05, 0.1) is 20.2 Å². The highest BCUT2D eigenvalue weighted by Gasteiger charge is 2.30. The molecule has 0 saturated heterocycles. The van der Waals surface area contributed by atoms with Gasteiger partial charge in [-0.1, -0.05) is 18.2 Å². The standard InChI is InChI=1S/C15H20N2O3/c1-11-8-12-6-4-5-7-13(12)17(11)14(18)9-16(2)10-15(19)20-3/h4-7,11H,8-10H2,1-3H3. The lowest BCUT2D eigenvalue weighted by atomic mass is 10.1. The number of para-hydroxylation sites is 1. The highest BCUT2D eigenvalue weighted by atomic mass is 16.5. The van der Waals surface area contributed by atoms with Crippen LogP contribution in [0, 0.1) is 0 Å². The summed E-state index contributed by atoms with van der Waals surface area (Å²) in [6.45, 7) is 2.36. The third kappa shape index (κ3) is 2.99. The summed E-state index contributed by atoms with van der Waals surface area (Å²) in [5.74, 6) is -0.330. The Labute approximate surface area is 119 Å². The first kappa shape index (κ1) is 14.5. The molecule has 0 aromatic heterocycles. The molecule has 0 saturated carbocycles. The van der Waals surface area contributed by atoms with Crippen molar-refractivity contribution in [1.82, 2.24) is 4.90 Å². The van der Waals surface area contributed by atoms with E-state index in [0.717, 1.165) is 12.1 Å². The van der Waals surface area contributed by atoms with E-state index in [1.54, 1.807) is 11.9 Å². The van der Waals surface area contributed by atoms with Crippen LogP contribution in [-0.4, -0.2) is 50.1 Å². The minimum Gasteiger partial charge on any atom is -0.468 e. The van der Waals surface area contributed by atoms with Gasteiger partial charge in [0.1, 0.15) is 0 Å². The van der Waals surface area contributed by atoms with E-state index in [0.29, 0.717) is 0 Å². The summed E-state index contributed by atoms with van der Waals surface area (Å²) in [5, 5.41) is 0. The van der Waals surface area contributed by atoms with Crippen LogP contribution in [0.15, 0.2) is 24.3 Å². The molecule has 5 nitrogen and oxygen atoms in total. The fourth-order valence-electron chi connectivity index (χ4n) is 2.59. The average Bonchev–Trinajstić information content (AvgIpc) is 2.74. The molecule has 1 unspecified atom stereocenters. The van der Waals surface area contributed by atoms with Crippen LogP contribution in [0.2, 0.25) is 0 Å². The monoisotopic (exact) mass is 276 g/mol. The van der Waals surface area contributed by atoms with E-state index >= 15 is 0 Å². The Morgan fingerprint density at radius 2 is 2.05 bits per heavy atom. The Balaban J connectivity index is 2.04. The maximum atomic E-state index is 12.4. The third-order valence-corrected chi connectivity index (χ3v) is 3.51. The first-order chi connectivity index (χ1) is 9.52. The molecule has 108 valence electrons. The van der Waals surface area contributed by atoms with Crippen LogP contribution in [0.4, 0.5) is 5.69 Å². The number of nitrogens with zero attached hydrogens (tertiary/aromatic N) is 2. The highest BCUT2D eigenvalue weighted by molar-refractivity contribution is 5.97. The van der Waals surface area contributed by atoms with Gasteiger partial charge in [-0.05, 0) is 32.0 Å². The number of fused-ring (bicyclic) bond motifs is 1. The van der Waals surface area contributed by atoms with Crippen molar-refractivity contribution in [3.05, 3.63) is 29.8 Å². The lowest BCUT2D eigenvalue weighted by Crippen LogP contribution is -2.43. The molecular formula is C15H20N2O3. The molecule has 1 atom stereocenters. The fourth-order valence-corrected chi connectivity index (χ4v) is 2.59. The van der Waals surface area contributed by atoms with Gasteiger partial charge in [0.15, 0.2) is 0 Å². The molecular weight excluding hydrogens is 256 g/mol. The summed E-state index contributed by atoms with van der Waals surface area (Å²) in [5.41, 5.74) is 2.18. The van der Waals surface area contributed by atoms with Crippen molar-refractivity contribution in [2.75, 3.05) is 32.1 Å². The number of anilines is 1. The zero-order valence-corrected chi connectivity index (χ0v) is 12.1. The number of amides is 1. The number of methoxy groups -OCH3 is 1. The molecule has 1 aromatic rings. The van der Waals surface area contributed by atoms with E-state index in [1.165, 1.54) is 12.7 Å². The maximum Gasteiger partial charge on any atom is 0.319 e. The van der Waals surface area contributed by atoms with Gasteiger partial charge in [-0.2, -0.15) is 0 Å². The molecule has 0 N–H and O–H groups in total. The molecule has 20 heavy (non-hydrogen) atoms. The van der Waals surface area contributed by atoms with Crippen LogP contribution in [0.5, 0.6) is 0 Å². The molecule has 1 heterocycles. The van der Waals surface area contributed by atoms with Gasteiger partial charge < -0.3 is 9.64 Å². The van der Waals surface area contributed by atoms with Gasteiger partial charge in [0, 0.05) is 11.7 Å². The predicted molar refractivity (Wildman–Crippen MR) is 76.6 cm³/mol. The second kappa shape index (κ2) is 6.05. The predicted octanol–water partition coefficient (Wildman–Crippen LogP) is 1.07. The number of hydrogen-bond acceptors (Lipinski definition) is 4. The van der Waals surface area contributed by atoms with Gasteiger partial charge in [0.2, 0.25) is 5.91 Å². The number of benzene rings is 1. The van der Waals surface area contributed by atoms with E-state index in [1.807, 2.05) is 30.0 Å². The third-order valence-electron chi connectivity index (χ3n) is 3.51. The van der Waals surface area contributed by atoms with Crippen molar-refractivity contribution in [2.24, 2.45) is 0 Å². The summed E-state index contributed by atoms with van der Waals surface area (Å²) < 4.78 is 4.60. The van der Waals surface area contributed by atoms with Crippen molar-refractivity contribution in [3.8, 4) is 0 Å². The van der Waals surface area contributed by atoms with Gasteiger partial charge >= 0.3 is 5.97 Å². The quantitative estimate of drug-likeness (QED) is 0.772. The highest BCUT2D eigenvalue weighted by Crippen LogP contribution is 2.31. The second-order valence-electron chi connectivity index (χ2n) is 5.19. The van der Waals surface area contributed by atoms with E-state index in [-0.39, 0.29) is 31.0 Å². The van der Waals surface area contributed by atoms with Crippen molar-refractivity contribution >= 4 is 17.6 Å². The fraction of sp³-hybridized carbons (Fsp3) is 0.467. The van der Waals surface area contributed by atoms with Crippen LogP contribution in [-0.2, 0) is 20.7 Å². The average molecular weight is 276 g/mol. The van der Waals surface area contributed by atoms with Gasteiger partial charge in [-0.15, -0.1) is 0 Å². The molecule has 1 aliphatic rings. The first-order valence-electron chi connectivity index (χ1n) is 6.68. The van der Waals surface area contributed by atoms with Crippen LogP contribution in [0.3, 0.4) is 0 Å². The summed E-state index contributed by atoms with van der Waals surface area (Å²) in [6.07, 6.45) is 0.878. The smallest absolute Gasteiger partial charge is 0.319 e. The van der Waals surface area contributed by atoms with E-state index in [2.05, 4.69) is 10.8 Å². The van der Waals surface area contributed by atoms with E-state index < -0.39 is 0 Å². The van der Waals surface area contributed by atoms with Crippen LogP contribution < -0.4 is 4.90 Å². The number of carbonyl (C=O) groups is 2. The Hall–Kier alpha value is -1.88. The zero-order valence-electron chi connectivity index (χ0n) is 12.1. The minimum atomic E-state index is -0.338. The number of carbonyl (C=O) groups excluding carboxylic acids is 2. The van der Waals surface area contributed by atoms with Gasteiger partial charge in [-0.25, -0.2) is 0 Å². The second-order valence-corrected chi connectivity index (χ2v) is 5.19. The number of rotatable bonds is 4. The Morgan fingerprint density at radius 1 is 1.35 bits per heavy atom. The molecule has 1 aromatic carbocycles. The Kier molecular flexibility index (Phi) is 4.39. The number of ether oxygens (including phenoxy) is 1. The molecule has 1 amide bonds. The van der Waals surface area contributed by atoms with Gasteiger partial charge in [-0.3, -0.25) is 14.5 Å². The first-order valence-corrected chi connectivity index (χ1v) is 6.68. The summed E-state index contributed by atoms with van der Waals surface area (Å²) >= 11 is 0. The van der Waals surface area contributed by atoms with Crippen LogP contribution in [0.1, 0.15) is 12.5 Å². The van der Waals surface area contributed by atoms with E-state index in [9.17, 15) is 9.59 Å². The van der Waals surface area contributed by atoms with Crippen molar-refractivity contribution < 1.29 is 14.3 Å². The molecule has 5 heteroatoms. The molecule has 0 aliphatic carbocycles. The van der Waals surface area contributed by atoms with Gasteiger partial charge in [0.25, 0.3) is 0 Å². The van der Waals surface area contributed by atoms with Crippen molar-refractivity contribution in [3.63, 3.8) is 0 Å². The lowest BCUT2D eigenvalue weighted by Gasteiger charge is -2.25. The van der Waals surface area contributed by atoms with Crippen molar-refractivity contribution in [2.45, 2.75) is 19.4 Å². The van der Waals surface area contributed by atoms with E-state index in [4.69, 9.17) is 0 Å². The minimum absolute atomic E-state index is 0.00820. The lowest BCUT2D eigenvalue weighted by molar-refractivity contribution is -0.141. The van der Waals surface area contributed by atoms with Crippen LogP contribution >= 0.6 is 0 Å². The summed E-state index contributed by atoms with van der Waals surface area (Å²) in [4.78, 5) is 27.1. The molecule has 0 spiro atoms. The molecule has 0 radical (unpaired) electrons. The zero-order chi connectivity index (χ0) is 14.7. The van der Waals surface area contributed by atoms with Crippen LogP contribution in [0.25, 0.3) is 0 Å². The molecule has 1 aliphatic heterocycles. The SMILES string of the molecule is COC(=O)CN(C)CC(=O)N1c2ccccc2CC1C. The topological polar surface area (TPSA) is 49.9 Å². The van der Waals surface area contributed by atoms with Crippen molar-refractivity contribution in [1.29, 1.82) is 0 Å². The molecule has 0 bridgehead atoms. The Morgan fingerprint density at radius 3 is 2.75 bits per heavy atom.